The molecule has 27 heavy (non-hydrogen) atoms. The summed E-state index contributed by atoms with van der Waals surface area (Å²) in [7, 11) is 0. The van der Waals surface area contributed by atoms with Crippen molar-refractivity contribution in [3.63, 3.8) is 0 Å². The van der Waals surface area contributed by atoms with E-state index in [-0.39, 0.29) is 11.8 Å². The van der Waals surface area contributed by atoms with Crippen molar-refractivity contribution in [2.75, 3.05) is 13.1 Å². The highest BCUT2D eigenvalue weighted by Gasteiger charge is 2.28. The van der Waals surface area contributed by atoms with Crippen LogP contribution in [0.1, 0.15) is 53.3 Å². The molecule has 1 aliphatic heterocycles. The zero-order valence-electron chi connectivity index (χ0n) is 15.4. The molecular weight excluding hydrogens is 358 g/mol. The van der Waals surface area contributed by atoms with Gasteiger partial charge in [-0.1, -0.05) is 6.92 Å². The standard InChI is InChI=1S/C20H23N5OS/c1-2-17-10-15(5-6-21-17)20(26)25-8-3-4-16(11-25)19-22-7-9-24(19)12-18-13-27-14-23-18/h5-7,9-10,13-14,16H,2-4,8,11-12H2,1H3/t16-/m0/s1. The van der Waals surface area contributed by atoms with Crippen LogP contribution in [0.2, 0.25) is 0 Å². The van der Waals surface area contributed by atoms with Crippen LogP contribution in [0.5, 0.6) is 0 Å². The molecule has 0 aromatic carbocycles. The van der Waals surface area contributed by atoms with Gasteiger partial charge in [0.05, 0.1) is 17.7 Å². The van der Waals surface area contributed by atoms with E-state index < -0.39 is 0 Å². The lowest BCUT2D eigenvalue weighted by Gasteiger charge is -2.32. The molecular formula is C20H23N5OS. The van der Waals surface area contributed by atoms with E-state index >= 15 is 0 Å². The molecule has 0 radical (unpaired) electrons. The summed E-state index contributed by atoms with van der Waals surface area (Å²) in [6.45, 7) is 4.28. The molecule has 0 unspecified atom stereocenters. The molecule has 0 aliphatic carbocycles. The van der Waals surface area contributed by atoms with E-state index in [9.17, 15) is 4.79 Å². The van der Waals surface area contributed by atoms with Crippen molar-refractivity contribution in [1.82, 2.24) is 24.4 Å². The molecule has 3 aromatic rings. The molecule has 1 amide bonds. The summed E-state index contributed by atoms with van der Waals surface area (Å²) in [4.78, 5) is 28.2. The van der Waals surface area contributed by atoms with Crippen LogP contribution in [0, 0.1) is 0 Å². The number of nitrogens with zero attached hydrogens (tertiary/aromatic N) is 5. The normalized spacial score (nSPS) is 17.2. The molecule has 7 heteroatoms. The SMILES string of the molecule is CCc1cc(C(=O)N2CCC[C@H](c3nccn3Cc3cscn3)C2)ccn1. The molecule has 0 bridgehead atoms. The molecule has 4 rings (SSSR count). The van der Waals surface area contributed by atoms with Gasteiger partial charge >= 0.3 is 0 Å². The number of thiazole rings is 1. The summed E-state index contributed by atoms with van der Waals surface area (Å²) in [5.74, 6) is 1.39. The van der Waals surface area contributed by atoms with Crippen molar-refractivity contribution < 1.29 is 4.79 Å². The number of rotatable bonds is 5. The van der Waals surface area contributed by atoms with E-state index in [0.717, 1.165) is 55.1 Å². The molecule has 0 saturated carbocycles. The van der Waals surface area contributed by atoms with Gasteiger partial charge in [0.1, 0.15) is 5.82 Å². The summed E-state index contributed by atoms with van der Waals surface area (Å²) in [5.41, 5.74) is 4.58. The van der Waals surface area contributed by atoms with Crippen LogP contribution < -0.4 is 0 Å². The monoisotopic (exact) mass is 381 g/mol. The molecule has 1 aliphatic rings. The lowest BCUT2D eigenvalue weighted by atomic mass is 9.96. The number of aryl methyl sites for hydroxylation is 1. The van der Waals surface area contributed by atoms with Crippen molar-refractivity contribution in [3.8, 4) is 0 Å². The predicted octanol–water partition coefficient (Wildman–Crippen LogP) is 3.37. The van der Waals surface area contributed by atoms with E-state index in [4.69, 9.17) is 0 Å². The van der Waals surface area contributed by atoms with Crippen LogP contribution in [-0.4, -0.2) is 43.4 Å². The molecule has 0 N–H and O–H groups in total. The Hall–Kier alpha value is -2.54. The fourth-order valence-corrected chi connectivity index (χ4v) is 4.21. The van der Waals surface area contributed by atoms with Crippen molar-refractivity contribution in [2.24, 2.45) is 0 Å². The Morgan fingerprint density at radius 1 is 1.26 bits per heavy atom. The molecule has 140 valence electrons. The number of pyridine rings is 1. The topological polar surface area (TPSA) is 63.9 Å². The summed E-state index contributed by atoms with van der Waals surface area (Å²) in [6.07, 6.45) is 8.46. The van der Waals surface area contributed by atoms with Crippen LogP contribution in [0.15, 0.2) is 41.6 Å². The third-order valence-electron chi connectivity index (χ3n) is 5.06. The van der Waals surface area contributed by atoms with Crippen LogP contribution in [-0.2, 0) is 13.0 Å². The van der Waals surface area contributed by atoms with Crippen molar-refractivity contribution in [1.29, 1.82) is 0 Å². The largest absolute Gasteiger partial charge is 0.338 e. The number of hydrogen-bond donors (Lipinski definition) is 0. The van der Waals surface area contributed by atoms with Gasteiger partial charge in [-0.3, -0.25) is 9.78 Å². The van der Waals surface area contributed by atoms with Crippen molar-refractivity contribution >= 4 is 17.2 Å². The number of carbonyl (C=O) groups excluding carboxylic acids is 1. The maximum atomic E-state index is 13.0. The Morgan fingerprint density at radius 2 is 2.19 bits per heavy atom. The molecule has 1 atom stereocenters. The third-order valence-corrected chi connectivity index (χ3v) is 5.70. The fraction of sp³-hybridized carbons (Fsp3) is 0.400. The van der Waals surface area contributed by atoms with Crippen molar-refractivity contribution in [2.45, 2.75) is 38.6 Å². The summed E-state index contributed by atoms with van der Waals surface area (Å²) in [5, 5.41) is 2.06. The quantitative estimate of drug-likeness (QED) is 0.680. The highest BCUT2D eigenvalue weighted by Crippen LogP contribution is 2.27. The van der Waals surface area contributed by atoms with Gasteiger partial charge in [0.15, 0.2) is 0 Å². The number of likely N-dealkylation sites (tertiary alicyclic amines) is 1. The maximum Gasteiger partial charge on any atom is 0.253 e. The number of hydrogen-bond acceptors (Lipinski definition) is 5. The van der Waals surface area contributed by atoms with E-state index in [0.29, 0.717) is 6.54 Å². The van der Waals surface area contributed by atoms with Gasteiger partial charge in [-0.05, 0) is 31.4 Å². The number of imidazole rings is 1. The first kappa shape index (κ1) is 17.9. The first-order valence-corrected chi connectivity index (χ1v) is 10.3. The first-order chi connectivity index (χ1) is 13.2. The second-order valence-electron chi connectivity index (χ2n) is 6.87. The fourth-order valence-electron chi connectivity index (χ4n) is 3.66. The van der Waals surface area contributed by atoms with Crippen LogP contribution >= 0.6 is 11.3 Å². The van der Waals surface area contributed by atoms with Gasteiger partial charge in [-0.25, -0.2) is 9.97 Å². The van der Waals surface area contributed by atoms with E-state index in [1.165, 1.54) is 0 Å². The van der Waals surface area contributed by atoms with Crippen LogP contribution in [0.4, 0.5) is 0 Å². The summed E-state index contributed by atoms with van der Waals surface area (Å²) < 4.78 is 2.16. The van der Waals surface area contributed by atoms with Crippen molar-refractivity contribution in [3.05, 3.63) is 64.4 Å². The Labute approximate surface area is 162 Å². The predicted molar refractivity (Wildman–Crippen MR) is 105 cm³/mol. The van der Waals surface area contributed by atoms with Gasteiger partial charge in [-0.2, -0.15) is 0 Å². The number of piperidine rings is 1. The van der Waals surface area contributed by atoms with Gasteiger partial charge in [-0.15, -0.1) is 11.3 Å². The Bertz CT molecular complexity index is 905. The highest BCUT2D eigenvalue weighted by molar-refractivity contribution is 7.07. The van der Waals surface area contributed by atoms with Crippen LogP contribution in [0.25, 0.3) is 0 Å². The lowest BCUT2D eigenvalue weighted by molar-refractivity contribution is 0.0703. The van der Waals surface area contributed by atoms with E-state index in [1.54, 1.807) is 17.5 Å². The third kappa shape index (κ3) is 3.93. The minimum Gasteiger partial charge on any atom is -0.338 e. The zero-order chi connectivity index (χ0) is 18.6. The molecule has 1 saturated heterocycles. The zero-order valence-corrected chi connectivity index (χ0v) is 16.2. The number of carbonyl (C=O) groups is 1. The molecule has 0 spiro atoms. The molecule has 4 heterocycles. The number of aromatic nitrogens is 4. The molecule has 3 aromatic heterocycles. The molecule has 6 nitrogen and oxygen atoms in total. The first-order valence-electron chi connectivity index (χ1n) is 9.37. The van der Waals surface area contributed by atoms with E-state index in [2.05, 4.69) is 31.8 Å². The maximum absolute atomic E-state index is 13.0. The Balaban J connectivity index is 1.50. The lowest BCUT2D eigenvalue weighted by Crippen LogP contribution is -2.39. The highest BCUT2D eigenvalue weighted by atomic mass is 32.1. The second-order valence-corrected chi connectivity index (χ2v) is 7.59. The summed E-state index contributed by atoms with van der Waals surface area (Å²) >= 11 is 1.60. The van der Waals surface area contributed by atoms with Gasteiger partial charge in [0, 0.05) is 54.2 Å². The average Bonchev–Trinajstić information content (AvgIpc) is 3.40. The van der Waals surface area contributed by atoms with Gasteiger partial charge < -0.3 is 9.47 Å². The smallest absolute Gasteiger partial charge is 0.253 e. The number of amides is 1. The second kappa shape index (κ2) is 8.00. The summed E-state index contributed by atoms with van der Waals surface area (Å²) in [6, 6.07) is 3.73. The average molecular weight is 382 g/mol. The van der Waals surface area contributed by atoms with Gasteiger partial charge in [0.2, 0.25) is 0 Å². The Kier molecular flexibility index (Phi) is 5.29. The van der Waals surface area contributed by atoms with Crippen LogP contribution in [0.3, 0.4) is 0 Å². The molecule has 1 fully saturated rings. The minimum absolute atomic E-state index is 0.0920. The van der Waals surface area contributed by atoms with Gasteiger partial charge in [0.25, 0.3) is 5.91 Å². The Morgan fingerprint density at radius 3 is 3.00 bits per heavy atom. The minimum atomic E-state index is 0.0920. The van der Waals surface area contributed by atoms with E-state index in [1.807, 2.05) is 34.9 Å².